The zero-order valence-electron chi connectivity index (χ0n) is 8.38. The predicted octanol–water partition coefficient (Wildman–Crippen LogP) is 0.676. The van der Waals surface area contributed by atoms with E-state index in [4.69, 9.17) is 5.73 Å². The second-order valence-corrected chi connectivity index (χ2v) is 2.96. The molecule has 0 aliphatic rings. The zero-order chi connectivity index (χ0) is 10.7. The minimum atomic E-state index is 0.525. The van der Waals surface area contributed by atoms with Gasteiger partial charge in [0.2, 0.25) is 0 Å². The number of nitrogens with two attached hydrogens (primary N) is 1. The summed E-state index contributed by atoms with van der Waals surface area (Å²) in [5, 5.41) is 3.07. The van der Waals surface area contributed by atoms with Gasteiger partial charge >= 0.3 is 0 Å². The van der Waals surface area contributed by atoms with Crippen molar-refractivity contribution in [3.63, 3.8) is 0 Å². The minimum Gasteiger partial charge on any atom is -0.393 e. The van der Waals surface area contributed by atoms with Crippen molar-refractivity contribution >= 4 is 11.5 Å². The van der Waals surface area contributed by atoms with Crippen LogP contribution in [-0.4, -0.2) is 26.1 Å². The van der Waals surface area contributed by atoms with Gasteiger partial charge in [0, 0.05) is 18.9 Å². The van der Waals surface area contributed by atoms with Crippen molar-refractivity contribution in [3.8, 4) is 5.82 Å². The number of hydrogen-bond acceptors (Lipinski definition) is 5. The Bertz CT molecular complexity index is 436. The normalized spacial score (nSPS) is 10.2. The van der Waals surface area contributed by atoms with Crippen LogP contribution in [0.3, 0.4) is 0 Å². The molecule has 0 fully saturated rings. The van der Waals surface area contributed by atoms with Gasteiger partial charge in [0.25, 0.3) is 0 Å². The monoisotopic (exact) mass is 204 g/mol. The Morgan fingerprint density at radius 2 is 2.33 bits per heavy atom. The summed E-state index contributed by atoms with van der Waals surface area (Å²) in [6, 6.07) is 0. The van der Waals surface area contributed by atoms with Crippen LogP contribution in [0.5, 0.6) is 0 Å². The third kappa shape index (κ3) is 1.74. The van der Waals surface area contributed by atoms with Crippen molar-refractivity contribution < 1.29 is 0 Å². The van der Waals surface area contributed by atoms with E-state index in [2.05, 4.69) is 20.3 Å². The van der Waals surface area contributed by atoms with Crippen LogP contribution in [0, 0.1) is 0 Å². The van der Waals surface area contributed by atoms with Crippen molar-refractivity contribution in [2.24, 2.45) is 0 Å². The van der Waals surface area contributed by atoms with Crippen LogP contribution in [0.2, 0.25) is 0 Å². The van der Waals surface area contributed by atoms with Gasteiger partial charge in [-0.25, -0.2) is 15.0 Å². The third-order valence-electron chi connectivity index (χ3n) is 1.96. The number of nitrogens with zero attached hydrogens (tertiary/aromatic N) is 4. The highest BCUT2D eigenvalue weighted by Crippen LogP contribution is 2.20. The lowest BCUT2D eigenvalue weighted by molar-refractivity contribution is 0.972. The van der Waals surface area contributed by atoms with E-state index in [1.165, 1.54) is 6.33 Å². The van der Waals surface area contributed by atoms with Crippen LogP contribution in [0.1, 0.15) is 6.92 Å². The molecule has 0 aliphatic heterocycles. The average molecular weight is 204 g/mol. The van der Waals surface area contributed by atoms with E-state index in [0.717, 1.165) is 6.54 Å². The van der Waals surface area contributed by atoms with Gasteiger partial charge < -0.3 is 11.1 Å². The van der Waals surface area contributed by atoms with Gasteiger partial charge in [-0.3, -0.25) is 4.57 Å². The van der Waals surface area contributed by atoms with E-state index in [9.17, 15) is 0 Å². The fourth-order valence-electron chi connectivity index (χ4n) is 1.28. The first-order valence-corrected chi connectivity index (χ1v) is 4.65. The van der Waals surface area contributed by atoms with E-state index in [1.807, 2.05) is 6.92 Å². The maximum absolute atomic E-state index is 5.92. The zero-order valence-corrected chi connectivity index (χ0v) is 8.38. The highest BCUT2D eigenvalue weighted by molar-refractivity contribution is 5.68. The molecule has 78 valence electrons. The van der Waals surface area contributed by atoms with Crippen molar-refractivity contribution in [1.82, 2.24) is 19.5 Å². The molecule has 0 amide bonds. The largest absolute Gasteiger partial charge is 0.393 e. The Kier molecular flexibility index (Phi) is 2.49. The van der Waals surface area contributed by atoms with Crippen LogP contribution in [0.25, 0.3) is 5.82 Å². The molecule has 0 saturated carbocycles. The first-order chi connectivity index (χ1) is 7.33. The van der Waals surface area contributed by atoms with Crippen molar-refractivity contribution in [3.05, 3.63) is 25.0 Å². The second kappa shape index (κ2) is 3.95. The number of aromatic nitrogens is 4. The summed E-state index contributed by atoms with van der Waals surface area (Å²) in [7, 11) is 0. The number of nitrogens with one attached hydrogen (secondary N) is 1. The van der Waals surface area contributed by atoms with Gasteiger partial charge in [-0.05, 0) is 6.92 Å². The van der Waals surface area contributed by atoms with E-state index in [0.29, 0.717) is 17.3 Å². The van der Waals surface area contributed by atoms with Gasteiger partial charge in [0.15, 0.2) is 11.6 Å². The SMILES string of the molecule is CCNc1ncnc(-n2ccnc2)c1N. The molecule has 0 spiro atoms. The van der Waals surface area contributed by atoms with E-state index < -0.39 is 0 Å². The highest BCUT2D eigenvalue weighted by atomic mass is 15.1. The molecule has 6 nitrogen and oxygen atoms in total. The molecule has 2 aromatic heterocycles. The molecule has 0 atom stereocenters. The second-order valence-electron chi connectivity index (χ2n) is 2.96. The fraction of sp³-hybridized carbons (Fsp3) is 0.222. The Hall–Kier alpha value is -2.11. The summed E-state index contributed by atoms with van der Waals surface area (Å²) < 4.78 is 1.75. The highest BCUT2D eigenvalue weighted by Gasteiger charge is 2.07. The van der Waals surface area contributed by atoms with Gasteiger partial charge in [-0.1, -0.05) is 0 Å². The number of nitrogen functional groups attached to an aromatic ring is 1. The summed E-state index contributed by atoms with van der Waals surface area (Å²) in [5.74, 6) is 1.29. The molecule has 15 heavy (non-hydrogen) atoms. The Balaban J connectivity index is 2.45. The summed E-state index contributed by atoms with van der Waals surface area (Å²) in [4.78, 5) is 12.1. The minimum absolute atomic E-state index is 0.525. The lowest BCUT2D eigenvalue weighted by Gasteiger charge is -2.09. The Morgan fingerprint density at radius 1 is 1.47 bits per heavy atom. The van der Waals surface area contributed by atoms with Crippen LogP contribution in [-0.2, 0) is 0 Å². The number of imidazole rings is 1. The topological polar surface area (TPSA) is 81.7 Å². The van der Waals surface area contributed by atoms with Crippen molar-refractivity contribution in [2.75, 3.05) is 17.6 Å². The lowest BCUT2D eigenvalue weighted by atomic mass is 10.4. The maximum Gasteiger partial charge on any atom is 0.166 e. The molecule has 0 aliphatic carbocycles. The first kappa shape index (κ1) is 9.45. The van der Waals surface area contributed by atoms with E-state index in [-0.39, 0.29) is 0 Å². The molecule has 0 unspecified atom stereocenters. The Morgan fingerprint density at radius 3 is 3.00 bits per heavy atom. The molecular weight excluding hydrogens is 192 g/mol. The molecular formula is C9H12N6. The molecule has 0 bridgehead atoms. The fourth-order valence-corrected chi connectivity index (χ4v) is 1.28. The molecule has 6 heteroatoms. The number of rotatable bonds is 3. The summed E-state index contributed by atoms with van der Waals surface area (Å²) in [5.41, 5.74) is 6.45. The Labute approximate surface area is 87.2 Å². The molecule has 0 aromatic carbocycles. The first-order valence-electron chi connectivity index (χ1n) is 4.65. The molecule has 2 aromatic rings. The van der Waals surface area contributed by atoms with E-state index >= 15 is 0 Å². The number of hydrogen-bond donors (Lipinski definition) is 2. The lowest BCUT2D eigenvalue weighted by Crippen LogP contribution is -2.08. The third-order valence-corrected chi connectivity index (χ3v) is 1.96. The van der Waals surface area contributed by atoms with Gasteiger partial charge in [-0.15, -0.1) is 0 Å². The van der Waals surface area contributed by atoms with Gasteiger partial charge in [0.1, 0.15) is 18.3 Å². The quantitative estimate of drug-likeness (QED) is 0.768. The summed E-state index contributed by atoms with van der Waals surface area (Å²) in [6.45, 7) is 2.75. The predicted molar refractivity (Wildman–Crippen MR) is 57.7 cm³/mol. The summed E-state index contributed by atoms with van der Waals surface area (Å²) >= 11 is 0. The molecule has 3 N–H and O–H groups in total. The van der Waals surface area contributed by atoms with Crippen LogP contribution >= 0.6 is 0 Å². The van der Waals surface area contributed by atoms with Gasteiger partial charge in [-0.2, -0.15) is 0 Å². The molecule has 0 saturated heterocycles. The van der Waals surface area contributed by atoms with Crippen molar-refractivity contribution in [1.29, 1.82) is 0 Å². The van der Waals surface area contributed by atoms with Gasteiger partial charge in [0.05, 0.1) is 0 Å². The van der Waals surface area contributed by atoms with Crippen molar-refractivity contribution in [2.45, 2.75) is 6.92 Å². The average Bonchev–Trinajstić information content (AvgIpc) is 2.74. The van der Waals surface area contributed by atoms with Crippen LogP contribution in [0.15, 0.2) is 25.0 Å². The smallest absolute Gasteiger partial charge is 0.166 e. The standard InChI is InChI=1S/C9H12N6/c1-2-12-8-7(10)9(14-5-13-8)15-4-3-11-6-15/h3-6H,2,10H2,1H3,(H,12,13,14). The van der Waals surface area contributed by atoms with Crippen LogP contribution in [0.4, 0.5) is 11.5 Å². The molecule has 2 heterocycles. The maximum atomic E-state index is 5.92. The molecule has 2 rings (SSSR count). The van der Waals surface area contributed by atoms with Crippen LogP contribution < -0.4 is 11.1 Å². The summed E-state index contributed by atoms with van der Waals surface area (Å²) in [6.07, 6.45) is 6.58. The number of anilines is 2. The van der Waals surface area contributed by atoms with E-state index in [1.54, 1.807) is 23.3 Å². The molecule has 0 radical (unpaired) electrons.